The molecule has 0 saturated carbocycles. The number of halogens is 5. The van der Waals surface area contributed by atoms with Crippen LogP contribution in [0, 0.1) is 11.3 Å². The van der Waals surface area contributed by atoms with Crippen molar-refractivity contribution in [3.63, 3.8) is 0 Å². The molecule has 0 aliphatic carbocycles. The molecule has 1 aliphatic heterocycles. The number of hydrogen-bond donors (Lipinski definition) is 3. The standard InChI is InChI=1S/C35H46Cl3F2N5O8/c1-19(2)28(43-32(50)34(7,8)14-13-20(3)16-26-21(4)11-12-24(41-26)22(5)53-23(6)46)29(47)42-27(17-51-33(39)40)30(48)45-15-9-10-25(44-45)31(49)52-18-35(36,37)38/h11-14,16,19,22,25,27-28,33,44H,3-4,9-10,15,17-18H2,1-2,5-8H3,(H,42,47)(H,43,50)/b14-13+,26-16+. The lowest BCUT2D eigenvalue weighted by molar-refractivity contribution is -0.159. The van der Waals surface area contributed by atoms with Crippen LogP contribution in [0.3, 0.4) is 0 Å². The molecular weight excluding hydrogens is 763 g/mol. The van der Waals surface area contributed by atoms with Crippen LogP contribution >= 0.6 is 34.8 Å². The molecule has 1 saturated heterocycles. The van der Waals surface area contributed by atoms with Crippen molar-refractivity contribution in [3.8, 4) is 0 Å². The fraction of sp³-hybridized carbons (Fsp3) is 0.543. The van der Waals surface area contributed by atoms with Crippen molar-refractivity contribution in [2.45, 2.75) is 89.0 Å². The van der Waals surface area contributed by atoms with Gasteiger partial charge in [-0.2, -0.15) is 8.78 Å². The van der Waals surface area contributed by atoms with Crippen LogP contribution < -0.4 is 26.6 Å². The van der Waals surface area contributed by atoms with Gasteiger partial charge in [0.1, 0.15) is 30.8 Å². The van der Waals surface area contributed by atoms with E-state index < -0.39 is 88.8 Å². The molecule has 294 valence electrons. The Kier molecular flexibility index (Phi) is 17.3. The van der Waals surface area contributed by atoms with E-state index in [0.717, 1.165) is 5.01 Å². The Morgan fingerprint density at radius 3 is 2.38 bits per heavy atom. The molecule has 1 aliphatic rings. The molecule has 0 radical (unpaired) electrons. The van der Waals surface area contributed by atoms with Crippen LogP contribution in [0.2, 0.25) is 0 Å². The van der Waals surface area contributed by atoms with Gasteiger partial charge >= 0.3 is 18.6 Å². The summed E-state index contributed by atoms with van der Waals surface area (Å²) in [5.41, 5.74) is 2.44. The molecule has 0 bridgehead atoms. The van der Waals surface area contributed by atoms with Crippen LogP contribution in [0.1, 0.15) is 66.2 Å². The summed E-state index contributed by atoms with van der Waals surface area (Å²) in [7, 11) is 0. The van der Waals surface area contributed by atoms with Crippen molar-refractivity contribution < 1.29 is 47.0 Å². The minimum absolute atomic E-state index is 0.0622. The van der Waals surface area contributed by atoms with Crippen LogP contribution in [-0.2, 0) is 38.2 Å². The van der Waals surface area contributed by atoms with Gasteiger partial charge in [-0.05, 0) is 62.5 Å². The Morgan fingerprint density at radius 2 is 1.79 bits per heavy atom. The maximum Gasteiger partial charge on any atom is 0.345 e. The summed E-state index contributed by atoms with van der Waals surface area (Å²) in [4.78, 5) is 68.9. The fourth-order valence-corrected chi connectivity index (χ4v) is 4.98. The molecule has 3 amide bonds. The van der Waals surface area contributed by atoms with Gasteiger partial charge in [-0.1, -0.05) is 80.0 Å². The molecule has 2 heterocycles. The van der Waals surface area contributed by atoms with E-state index in [1.54, 1.807) is 65.0 Å². The lowest BCUT2D eigenvalue weighted by Gasteiger charge is -2.35. The van der Waals surface area contributed by atoms with Gasteiger partial charge in [0.15, 0.2) is 0 Å². The minimum atomic E-state index is -3.26. The lowest BCUT2D eigenvalue weighted by Crippen LogP contribution is -2.62. The summed E-state index contributed by atoms with van der Waals surface area (Å²) >= 11 is 16.9. The van der Waals surface area contributed by atoms with Gasteiger partial charge in [-0.3, -0.25) is 29.0 Å². The third-order valence-electron chi connectivity index (χ3n) is 7.77. The average molecular weight is 809 g/mol. The van der Waals surface area contributed by atoms with Crippen LogP contribution in [0.25, 0.3) is 12.7 Å². The van der Waals surface area contributed by atoms with Crippen LogP contribution in [0.15, 0.2) is 36.4 Å². The SMILES string of the molecule is C=C(/C=C/C(C)(C)C(=O)NC(C(=O)NC(COC(F)F)C(=O)N1CCCC(C(=O)OCC(Cl)(Cl)Cl)N1)C(C)C)/C=c1/nc(C(C)OC(C)=O)ccc1=C. The Labute approximate surface area is 322 Å². The topological polar surface area (TPSA) is 165 Å². The molecule has 1 aromatic rings. The van der Waals surface area contributed by atoms with Crippen molar-refractivity contribution in [2.24, 2.45) is 11.3 Å². The van der Waals surface area contributed by atoms with Gasteiger partial charge in [-0.15, -0.1) is 0 Å². The summed E-state index contributed by atoms with van der Waals surface area (Å²) in [5.74, 6) is -4.06. The second kappa shape index (κ2) is 20.2. The van der Waals surface area contributed by atoms with Gasteiger partial charge in [0.25, 0.3) is 5.91 Å². The molecule has 2 rings (SSSR count). The molecule has 18 heteroatoms. The first kappa shape index (κ1) is 45.5. The Hall–Kier alpha value is -3.63. The highest BCUT2D eigenvalue weighted by atomic mass is 35.6. The van der Waals surface area contributed by atoms with E-state index in [1.807, 2.05) is 0 Å². The van der Waals surface area contributed by atoms with Crippen molar-refractivity contribution in [2.75, 3.05) is 19.8 Å². The third kappa shape index (κ3) is 15.3. The van der Waals surface area contributed by atoms with Crippen molar-refractivity contribution >= 4 is 77.1 Å². The summed E-state index contributed by atoms with van der Waals surface area (Å²) in [5, 5.41) is 7.16. The van der Waals surface area contributed by atoms with E-state index in [-0.39, 0.29) is 13.0 Å². The monoisotopic (exact) mass is 807 g/mol. The number of aromatic nitrogens is 1. The number of hydrazine groups is 1. The quantitative estimate of drug-likeness (QED) is 0.128. The predicted molar refractivity (Wildman–Crippen MR) is 195 cm³/mol. The first-order valence-electron chi connectivity index (χ1n) is 16.6. The van der Waals surface area contributed by atoms with E-state index in [4.69, 9.17) is 44.3 Å². The number of amides is 3. The number of hydrogen-bond acceptors (Lipinski definition) is 10. The van der Waals surface area contributed by atoms with E-state index >= 15 is 0 Å². The number of esters is 2. The minimum Gasteiger partial charge on any atom is -0.460 e. The van der Waals surface area contributed by atoms with Crippen molar-refractivity contribution in [1.29, 1.82) is 0 Å². The van der Waals surface area contributed by atoms with Crippen LogP contribution in [-0.4, -0.2) is 87.9 Å². The van der Waals surface area contributed by atoms with E-state index in [1.165, 1.54) is 6.92 Å². The highest BCUT2D eigenvalue weighted by Gasteiger charge is 2.37. The summed E-state index contributed by atoms with van der Waals surface area (Å²) in [6.07, 6.45) is 4.79. The zero-order valence-electron chi connectivity index (χ0n) is 30.4. The number of nitrogens with one attached hydrogen (secondary N) is 3. The molecular formula is C35H46Cl3F2N5O8. The van der Waals surface area contributed by atoms with Gasteiger partial charge in [0.05, 0.1) is 23.1 Å². The predicted octanol–water partition coefficient (Wildman–Crippen LogP) is 3.31. The smallest absolute Gasteiger partial charge is 0.345 e. The second-order valence-electron chi connectivity index (χ2n) is 13.2. The molecule has 1 aromatic heterocycles. The number of carbonyl (C=O) groups is 5. The Bertz CT molecular complexity index is 1650. The first-order chi connectivity index (χ1) is 24.5. The molecule has 0 spiro atoms. The van der Waals surface area contributed by atoms with Crippen LogP contribution in [0.4, 0.5) is 8.78 Å². The number of pyridine rings is 1. The summed E-state index contributed by atoms with van der Waals surface area (Å²) in [6, 6.07) is -0.444. The van der Waals surface area contributed by atoms with Crippen molar-refractivity contribution in [1.82, 2.24) is 26.1 Å². The van der Waals surface area contributed by atoms with E-state index in [9.17, 15) is 32.8 Å². The molecule has 4 unspecified atom stereocenters. The molecule has 53 heavy (non-hydrogen) atoms. The maximum absolute atomic E-state index is 13.5. The largest absolute Gasteiger partial charge is 0.460 e. The van der Waals surface area contributed by atoms with Gasteiger partial charge in [0.2, 0.25) is 15.6 Å². The number of ether oxygens (including phenoxy) is 3. The number of carbonyl (C=O) groups excluding carboxylic acids is 5. The second-order valence-corrected chi connectivity index (χ2v) is 15.7. The highest BCUT2D eigenvalue weighted by molar-refractivity contribution is 6.67. The van der Waals surface area contributed by atoms with E-state index in [2.05, 4.69) is 38.9 Å². The van der Waals surface area contributed by atoms with Gasteiger partial charge < -0.3 is 24.8 Å². The fourth-order valence-electron chi connectivity index (χ4n) is 4.82. The normalized spacial score (nSPS) is 17.3. The highest BCUT2D eigenvalue weighted by Crippen LogP contribution is 2.26. The van der Waals surface area contributed by atoms with Gasteiger partial charge in [-0.25, -0.2) is 10.4 Å². The maximum atomic E-state index is 13.5. The molecule has 1 fully saturated rings. The van der Waals surface area contributed by atoms with Crippen molar-refractivity contribution in [3.05, 3.63) is 52.7 Å². The summed E-state index contributed by atoms with van der Waals surface area (Å²) < 4.78 is 38.9. The molecule has 4 atom stereocenters. The molecule has 3 N–H and O–H groups in total. The number of rotatable bonds is 16. The summed E-state index contributed by atoms with van der Waals surface area (Å²) in [6.45, 7) is 12.8. The number of allylic oxidation sites excluding steroid dienone is 2. The van der Waals surface area contributed by atoms with Gasteiger partial charge in [0, 0.05) is 13.5 Å². The Balaban J connectivity index is 2.19. The van der Waals surface area contributed by atoms with Crippen LogP contribution in [0.5, 0.6) is 0 Å². The molecule has 13 nitrogen and oxygen atoms in total. The Morgan fingerprint density at radius 1 is 1.13 bits per heavy atom. The lowest BCUT2D eigenvalue weighted by atomic mass is 9.89. The van der Waals surface area contributed by atoms with E-state index in [0.29, 0.717) is 28.3 Å². The first-order valence-corrected chi connectivity index (χ1v) is 17.7. The zero-order chi connectivity index (χ0) is 40.3. The molecule has 0 aromatic carbocycles. The number of alkyl halides is 5. The average Bonchev–Trinajstić information content (AvgIpc) is 3.06. The third-order valence-corrected chi connectivity index (χ3v) is 8.10. The number of nitrogens with zero attached hydrogens (tertiary/aromatic N) is 2. The zero-order valence-corrected chi connectivity index (χ0v) is 32.6.